The van der Waals surface area contributed by atoms with Crippen molar-refractivity contribution in [1.82, 2.24) is 0 Å². The van der Waals surface area contributed by atoms with Crippen LogP contribution < -0.4 is 0 Å². The summed E-state index contributed by atoms with van der Waals surface area (Å²) < 4.78 is 68.2. The highest BCUT2D eigenvalue weighted by Gasteiger charge is 2.30. The molecule has 0 heterocycles. The van der Waals surface area contributed by atoms with Crippen molar-refractivity contribution < 1.29 is 80.2 Å². The summed E-state index contributed by atoms with van der Waals surface area (Å²) in [7, 11) is -9.89. The molecule has 0 saturated carbocycles. The largest absolute Gasteiger partial charge is 0.472 e. The van der Waals surface area contributed by atoms with Crippen LogP contribution in [0.1, 0.15) is 356 Å². The van der Waals surface area contributed by atoms with E-state index in [0.29, 0.717) is 25.7 Å². The van der Waals surface area contributed by atoms with Gasteiger partial charge in [0.15, 0.2) is 12.2 Å². The average Bonchev–Trinajstić information content (AvgIpc) is 3.69. The number of aliphatic hydroxyl groups excluding tert-OH is 1. The molecular weight excluding hydrogens is 1160 g/mol. The van der Waals surface area contributed by atoms with Crippen molar-refractivity contribution in [3.05, 3.63) is 0 Å². The van der Waals surface area contributed by atoms with Gasteiger partial charge in [0, 0.05) is 25.7 Å². The first-order chi connectivity index (χ1) is 42.5. The number of carbonyl (C=O) groups excluding carboxylic acids is 4. The third-order valence-electron chi connectivity index (χ3n) is 16.0. The molecule has 0 fully saturated rings. The summed E-state index contributed by atoms with van der Waals surface area (Å²) in [5, 5.41) is 10.6. The van der Waals surface area contributed by atoms with Crippen molar-refractivity contribution in [2.75, 3.05) is 39.6 Å². The molecule has 0 bridgehead atoms. The molecule has 0 spiro atoms. The Morgan fingerprint density at radius 2 is 0.523 bits per heavy atom. The van der Waals surface area contributed by atoms with Crippen molar-refractivity contribution in [1.29, 1.82) is 0 Å². The highest BCUT2D eigenvalue weighted by molar-refractivity contribution is 7.47. The molecule has 522 valence electrons. The van der Waals surface area contributed by atoms with Gasteiger partial charge in [0.05, 0.1) is 26.4 Å². The number of aliphatic hydroxyl groups is 1. The Morgan fingerprint density at radius 1 is 0.307 bits per heavy atom. The van der Waals surface area contributed by atoms with Crippen molar-refractivity contribution >= 4 is 39.5 Å². The van der Waals surface area contributed by atoms with Gasteiger partial charge < -0.3 is 33.8 Å². The van der Waals surface area contributed by atoms with E-state index in [1.54, 1.807) is 0 Å². The number of hydrogen-bond donors (Lipinski definition) is 3. The molecule has 88 heavy (non-hydrogen) atoms. The minimum Gasteiger partial charge on any atom is -0.462 e. The third kappa shape index (κ3) is 62.8. The van der Waals surface area contributed by atoms with Crippen molar-refractivity contribution in [3.8, 4) is 0 Å². The summed E-state index contributed by atoms with van der Waals surface area (Å²) >= 11 is 0. The Hall–Kier alpha value is -1.94. The van der Waals surface area contributed by atoms with Crippen LogP contribution >= 0.6 is 15.6 Å². The smallest absolute Gasteiger partial charge is 0.462 e. The SMILES string of the molecule is CCCCCCCCCCCCCCC(=O)OC[C@H](COP(=O)(O)OC[C@@H](O)COP(=O)(O)OC[C@@H](COC(=O)CCCCCCCCCCC)OC(=O)CCCCCCCCCCCCCC)OC(=O)CCCCCCCCCCCCCCC(C)C. The van der Waals surface area contributed by atoms with Gasteiger partial charge in [-0.2, -0.15) is 0 Å². The predicted octanol–water partition coefficient (Wildman–Crippen LogP) is 19.7. The lowest BCUT2D eigenvalue weighted by molar-refractivity contribution is -0.161. The van der Waals surface area contributed by atoms with Crippen LogP contribution in [0.4, 0.5) is 0 Å². The molecule has 0 aromatic heterocycles. The van der Waals surface area contributed by atoms with Crippen molar-refractivity contribution in [2.24, 2.45) is 5.92 Å². The van der Waals surface area contributed by atoms with Gasteiger partial charge in [0.1, 0.15) is 19.3 Å². The van der Waals surface area contributed by atoms with Gasteiger partial charge in [0.2, 0.25) is 0 Å². The highest BCUT2D eigenvalue weighted by atomic mass is 31.2. The fourth-order valence-electron chi connectivity index (χ4n) is 10.5. The van der Waals surface area contributed by atoms with Crippen LogP contribution in [0.15, 0.2) is 0 Å². The van der Waals surface area contributed by atoms with E-state index in [-0.39, 0.29) is 25.7 Å². The molecule has 0 aromatic carbocycles. The summed E-state index contributed by atoms with van der Waals surface area (Å²) in [6.45, 7) is 7.24. The number of hydrogen-bond acceptors (Lipinski definition) is 15. The number of unbranched alkanes of at least 4 members (excludes halogenated alkanes) is 41. The zero-order valence-corrected chi connectivity index (χ0v) is 58.6. The standard InChI is InChI=1S/C69H134O17P2/c1-6-9-12-15-18-21-23-28-33-38-43-48-53-67(72)80-59-65(86-69(74)55-50-45-40-35-30-26-25-27-32-36-41-46-51-62(4)5)61-84-88(77,78)82-57-63(70)56-81-87(75,76)83-60-64(58-79-66(71)52-47-42-37-31-20-17-14-11-8-3)85-68(73)54-49-44-39-34-29-24-22-19-16-13-10-7-2/h62-65,70H,6-61H2,1-5H3,(H,75,76)(H,77,78)/t63-,64+,65+/m0/s1. The van der Waals surface area contributed by atoms with Gasteiger partial charge in [-0.1, -0.05) is 304 Å². The molecule has 0 saturated heterocycles. The maximum atomic E-state index is 13.0. The Morgan fingerprint density at radius 3 is 0.773 bits per heavy atom. The molecule has 19 heteroatoms. The van der Waals surface area contributed by atoms with Crippen LogP contribution in [-0.2, 0) is 65.4 Å². The molecule has 0 aromatic rings. The van der Waals surface area contributed by atoms with E-state index < -0.39 is 97.5 Å². The molecular formula is C69H134O17P2. The van der Waals surface area contributed by atoms with Gasteiger partial charge in [-0.25, -0.2) is 9.13 Å². The first-order valence-electron chi connectivity index (χ1n) is 36.1. The molecule has 5 atom stereocenters. The topological polar surface area (TPSA) is 237 Å². The Balaban J connectivity index is 5.24. The van der Waals surface area contributed by atoms with Gasteiger partial charge in [-0.05, 0) is 31.6 Å². The maximum absolute atomic E-state index is 13.0. The van der Waals surface area contributed by atoms with Crippen LogP contribution in [0.2, 0.25) is 0 Å². The summed E-state index contributed by atoms with van der Waals surface area (Å²) in [6, 6.07) is 0. The lowest BCUT2D eigenvalue weighted by Crippen LogP contribution is -2.30. The quantitative estimate of drug-likeness (QED) is 0.0222. The monoisotopic (exact) mass is 1300 g/mol. The van der Waals surface area contributed by atoms with E-state index in [0.717, 1.165) is 95.8 Å². The maximum Gasteiger partial charge on any atom is 0.472 e. The molecule has 3 N–H and O–H groups in total. The zero-order valence-electron chi connectivity index (χ0n) is 56.9. The van der Waals surface area contributed by atoms with Gasteiger partial charge in [0.25, 0.3) is 0 Å². The van der Waals surface area contributed by atoms with E-state index in [9.17, 15) is 43.2 Å². The summed E-state index contributed by atoms with van der Waals surface area (Å²) in [4.78, 5) is 72.4. The number of esters is 4. The first-order valence-corrected chi connectivity index (χ1v) is 39.1. The minimum atomic E-state index is -4.95. The van der Waals surface area contributed by atoms with Crippen LogP contribution in [0, 0.1) is 5.92 Å². The normalized spacial score (nSPS) is 14.1. The Bertz CT molecular complexity index is 1700. The molecule has 17 nitrogen and oxygen atoms in total. The third-order valence-corrected chi connectivity index (χ3v) is 17.9. The van der Waals surface area contributed by atoms with E-state index in [1.165, 1.54) is 180 Å². The molecule has 2 unspecified atom stereocenters. The minimum absolute atomic E-state index is 0.107. The fourth-order valence-corrected chi connectivity index (χ4v) is 12.0. The van der Waals surface area contributed by atoms with Gasteiger partial charge in [-0.15, -0.1) is 0 Å². The molecule has 0 aliphatic rings. The molecule has 0 rings (SSSR count). The van der Waals surface area contributed by atoms with Crippen LogP contribution in [-0.4, -0.2) is 96.7 Å². The second-order valence-electron chi connectivity index (χ2n) is 25.4. The predicted molar refractivity (Wildman–Crippen MR) is 354 cm³/mol. The van der Waals surface area contributed by atoms with E-state index in [1.807, 2.05) is 0 Å². The summed E-state index contributed by atoms with van der Waals surface area (Å²) in [6.07, 6.45) is 48.4. The number of rotatable bonds is 69. The zero-order chi connectivity index (χ0) is 64.9. The summed E-state index contributed by atoms with van der Waals surface area (Å²) in [5.41, 5.74) is 0. The van der Waals surface area contributed by atoms with Gasteiger partial charge in [-0.3, -0.25) is 37.3 Å². The van der Waals surface area contributed by atoms with Gasteiger partial charge >= 0.3 is 39.5 Å². The molecule has 0 aliphatic heterocycles. The lowest BCUT2D eigenvalue weighted by atomic mass is 10.0. The fraction of sp³-hybridized carbons (Fsp3) is 0.942. The first kappa shape index (κ1) is 86.1. The van der Waals surface area contributed by atoms with Crippen molar-refractivity contribution in [3.63, 3.8) is 0 Å². The van der Waals surface area contributed by atoms with Crippen LogP contribution in [0.25, 0.3) is 0 Å². The number of carbonyl (C=O) groups is 4. The average molecular weight is 1300 g/mol. The number of phosphoric acid groups is 2. The second-order valence-corrected chi connectivity index (χ2v) is 28.3. The molecule has 0 amide bonds. The van der Waals surface area contributed by atoms with Crippen LogP contribution in [0.3, 0.4) is 0 Å². The molecule has 0 aliphatic carbocycles. The van der Waals surface area contributed by atoms with E-state index >= 15 is 0 Å². The highest BCUT2D eigenvalue weighted by Crippen LogP contribution is 2.45. The Labute approximate surface area is 537 Å². The van der Waals surface area contributed by atoms with Crippen molar-refractivity contribution in [2.45, 2.75) is 374 Å². The lowest BCUT2D eigenvalue weighted by Gasteiger charge is -2.21. The summed E-state index contributed by atoms with van der Waals surface area (Å²) in [5.74, 6) is -1.35. The Kier molecular flexibility index (Phi) is 61.1. The van der Waals surface area contributed by atoms with Crippen LogP contribution in [0.5, 0.6) is 0 Å². The number of phosphoric ester groups is 2. The van der Waals surface area contributed by atoms with E-state index in [2.05, 4.69) is 34.6 Å². The molecule has 0 radical (unpaired) electrons. The van der Waals surface area contributed by atoms with E-state index in [4.69, 9.17) is 37.0 Å². The second kappa shape index (κ2) is 62.5. The number of ether oxygens (including phenoxy) is 4.